The topological polar surface area (TPSA) is 76.7 Å². The van der Waals surface area contributed by atoms with Gasteiger partial charge in [0.05, 0.1) is 51.6 Å². The van der Waals surface area contributed by atoms with Crippen LogP contribution in [0, 0.1) is 17.9 Å². The first-order valence-electron chi connectivity index (χ1n) is 19.6. The lowest BCUT2D eigenvalue weighted by Crippen LogP contribution is -2.06. The van der Waals surface area contributed by atoms with Crippen LogP contribution in [0.25, 0.3) is 105 Å². The quantitative estimate of drug-likeness (QED) is 0.158. The van der Waals surface area contributed by atoms with Gasteiger partial charge < -0.3 is 9.13 Å². The molecule has 7 heteroatoms. The molecular formula is C53H31N7. The summed E-state index contributed by atoms with van der Waals surface area (Å²) in [6.07, 6.45) is 0. The highest BCUT2D eigenvalue weighted by Gasteiger charge is 2.23. The Hall–Kier alpha value is -8.65. The van der Waals surface area contributed by atoms with Gasteiger partial charge in [-0.3, -0.25) is 0 Å². The van der Waals surface area contributed by atoms with Gasteiger partial charge in [-0.2, -0.15) is 5.26 Å². The number of aromatic nitrogens is 5. The number of hydrogen-bond acceptors (Lipinski definition) is 4. The van der Waals surface area contributed by atoms with Crippen molar-refractivity contribution < 1.29 is 0 Å². The highest BCUT2D eigenvalue weighted by atomic mass is 15.1. The summed E-state index contributed by atoms with van der Waals surface area (Å²) in [6.45, 7) is 8.08. The maximum atomic E-state index is 10.2. The summed E-state index contributed by atoms with van der Waals surface area (Å²) in [7, 11) is 0. The predicted octanol–water partition coefficient (Wildman–Crippen LogP) is 13.2. The van der Waals surface area contributed by atoms with Gasteiger partial charge in [0, 0.05) is 38.2 Å². The van der Waals surface area contributed by atoms with E-state index in [2.05, 4.69) is 105 Å². The molecule has 0 unspecified atom stereocenters. The molecule has 0 aliphatic heterocycles. The second kappa shape index (κ2) is 14.1. The zero-order chi connectivity index (χ0) is 40.2. The fraction of sp³-hybridized carbons (Fsp3) is 0. The number of fused-ring (bicyclic) bond motifs is 6. The first-order valence-corrected chi connectivity index (χ1v) is 19.6. The van der Waals surface area contributed by atoms with Gasteiger partial charge in [-0.25, -0.2) is 19.8 Å². The fourth-order valence-corrected chi connectivity index (χ4v) is 8.52. The summed E-state index contributed by atoms with van der Waals surface area (Å²) >= 11 is 0. The molecule has 11 rings (SSSR count). The van der Waals surface area contributed by atoms with E-state index >= 15 is 0 Å². The van der Waals surface area contributed by atoms with Gasteiger partial charge in [0.2, 0.25) is 0 Å². The van der Waals surface area contributed by atoms with Crippen molar-refractivity contribution in [2.45, 2.75) is 0 Å². The Morgan fingerprint density at radius 3 is 1.50 bits per heavy atom. The fourth-order valence-electron chi connectivity index (χ4n) is 8.52. The minimum atomic E-state index is 0.417. The Labute approximate surface area is 345 Å². The molecule has 3 heterocycles. The molecule has 0 atom stereocenters. The maximum Gasteiger partial charge on any atom is 0.188 e. The van der Waals surface area contributed by atoms with Crippen LogP contribution in [0.1, 0.15) is 5.56 Å². The molecule has 0 radical (unpaired) electrons. The summed E-state index contributed by atoms with van der Waals surface area (Å²) in [5, 5.41) is 14.7. The van der Waals surface area contributed by atoms with E-state index in [0.717, 1.165) is 77.2 Å². The Morgan fingerprint density at radius 2 is 0.917 bits per heavy atom. The van der Waals surface area contributed by atoms with Crippen molar-refractivity contribution >= 4 is 49.3 Å². The molecule has 60 heavy (non-hydrogen) atoms. The molecule has 8 aromatic carbocycles. The molecule has 0 spiro atoms. The normalized spacial score (nSPS) is 11.3. The third kappa shape index (κ3) is 5.61. The summed E-state index contributed by atoms with van der Waals surface area (Å²) in [6, 6.07) is 65.6. The van der Waals surface area contributed by atoms with E-state index in [0.29, 0.717) is 34.3 Å². The Kier molecular flexibility index (Phi) is 8.11. The number of rotatable bonds is 6. The van der Waals surface area contributed by atoms with E-state index in [9.17, 15) is 5.26 Å². The zero-order valence-corrected chi connectivity index (χ0v) is 32.0. The second-order valence-corrected chi connectivity index (χ2v) is 14.6. The first-order chi connectivity index (χ1) is 29.7. The molecule has 0 N–H and O–H groups in total. The van der Waals surface area contributed by atoms with Crippen molar-refractivity contribution in [2.24, 2.45) is 0 Å². The molecule has 0 aliphatic carbocycles. The number of hydrogen-bond donors (Lipinski definition) is 0. The van der Waals surface area contributed by atoms with E-state index in [4.69, 9.17) is 21.5 Å². The smallest absolute Gasteiger partial charge is 0.188 e. The SMILES string of the molecule is [C-]#[N+]c1ccc(-n2c3ccccc3c3ccccc32)c(-c2nc(-c3cccc(-c4ccccc4)c3)nc(-c3ccc(C#N)cc3-n3c4ccccc4c4ccccc43)n2)c1. The molecule has 0 amide bonds. The van der Waals surface area contributed by atoms with Crippen LogP contribution < -0.4 is 0 Å². The van der Waals surface area contributed by atoms with Gasteiger partial charge in [-0.15, -0.1) is 0 Å². The molecule has 278 valence electrons. The van der Waals surface area contributed by atoms with E-state index in [1.54, 1.807) is 0 Å². The van der Waals surface area contributed by atoms with Crippen LogP contribution in [0.5, 0.6) is 0 Å². The van der Waals surface area contributed by atoms with Gasteiger partial charge in [0.15, 0.2) is 23.2 Å². The molecule has 0 saturated heterocycles. The highest BCUT2D eigenvalue weighted by molar-refractivity contribution is 6.11. The number of para-hydroxylation sites is 4. The van der Waals surface area contributed by atoms with Gasteiger partial charge in [0.1, 0.15) is 0 Å². The van der Waals surface area contributed by atoms with Crippen molar-refractivity contribution in [1.82, 2.24) is 24.1 Å². The van der Waals surface area contributed by atoms with Crippen molar-refractivity contribution in [2.75, 3.05) is 0 Å². The Balaban J connectivity index is 1.22. The molecule has 7 nitrogen and oxygen atoms in total. The van der Waals surface area contributed by atoms with Gasteiger partial charge >= 0.3 is 0 Å². The average Bonchev–Trinajstić information content (AvgIpc) is 3.84. The average molecular weight is 766 g/mol. The predicted molar refractivity (Wildman–Crippen MR) is 241 cm³/mol. The number of nitriles is 1. The van der Waals surface area contributed by atoms with Crippen LogP contribution in [0.2, 0.25) is 0 Å². The largest absolute Gasteiger partial charge is 0.309 e. The minimum absolute atomic E-state index is 0.417. The Morgan fingerprint density at radius 1 is 0.417 bits per heavy atom. The van der Waals surface area contributed by atoms with Crippen molar-refractivity contribution in [3.05, 3.63) is 205 Å². The lowest BCUT2D eigenvalue weighted by Gasteiger charge is -2.17. The van der Waals surface area contributed by atoms with Crippen LogP contribution in [-0.2, 0) is 0 Å². The molecule has 11 aromatic rings. The molecule has 0 saturated carbocycles. The third-order valence-corrected chi connectivity index (χ3v) is 11.2. The second-order valence-electron chi connectivity index (χ2n) is 14.6. The van der Waals surface area contributed by atoms with Crippen molar-refractivity contribution in [3.8, 4) is 62.7 Å². The van der Waals surface area contributed by atoms with E-state index in [1.165, 1.54) is 0 Å². The zero-order valence-electron chi connectivity index (χ0n) is 32.0. The lowest BCUT2D eigenvalue weighted by atomic mass is 10.0. The molecule has 0 fully saturated rings. The van der Waals surface area contributed by atoms with Crippen LogP contribution in [0.15, 0.2) is 188 Å². The van der Waals surface area contributed by atoms with Crippen LogP contribution in [0.3, 0.4) is 0 Å². The molecule has 3 aromatic heterocycles. The molecular weight excluding hydrogens is 735 g/mol. The first kappa shape index (κ1) is 34.6. The van der Waals surface area contributed by atoms with Crippen molar-refractivity contribution in [1.29, 1.82) is 5.26 Å². The minimum Gasteiger partial charge on any atom is -0.309 e. The van der Waals surface area contributed by atoms with Gasteiger partial charge in [0.25, 0.3) is 0 Å². The molecule has 0 aliphatic rings. The van der Waals surface area contributed by atoms with Gasteiger partial charge in [-0.05, 0) is 71.8 Å². The Bertz CT molecular complexity index is 3480. The van der Waals surface area contributed by atoms with Crippen LogP contribution in [-0.4, -0.2) is 24.1 Å². The standard InChI is InChI=1S/C53H31N7/c1-55-38-27-29-49(59-45-22-9-5-18-39(45)40-19-6-10-23-46(40)59)44(32-38)53-57-51(37-17-13-16-36(31-37)35-14-3-2-4-15-35)56-52(58-53)43-28-26-34(33-54)30-50(43)60-47-24-11-7-20-41(47)42-21-8-12-25-48(42)60/h2-32H. The monoisotopic (exact) mass is 765 g/mol. The molecule has 0 bridgehead atoms. The van der Waals surface area contributed by atoms with Crippen LogP contribution in [0.4, 0.5) is 5.69 Å². The maximum absolute atomic E-state index is 10.2. The van der Waals surface area contributed by atoms with Gasteiger partial charge in [-0.1, -0.05) is 127 Å². The lowest BCUT2D eigenvalue weighted by molar-refractivity contribution is 1.06. The number of benzene rings is 8. The third-order valence-electron chi connectivity index (χ3n) is 11.2. The summed E-state index contributed by atoms with van der Waals surface area (Å²) in [4.78, 5) is 19.7. The van der Waals surface area contributed by atoms with E-state index in [1.807, 2.05) is 103 Å². The summed E-state index contributed by atoms with van der Waals surface area (Å²) < 4.78 is 4.43. The van der Waals surface area contributed by atoms with Crippen molar-refractivity contribution in [3.63, 3.8) is 0 Å². The number of nitrogens with zero attached hydrogens (tertiary/aromatic N) is 7. The highest BCUT2D eigenvalue weighted by Crippen LogP contribution is 2.40. The summed E-state index contributed by atoms with van der Waals surface area (Å²) in [5.74, 6) is 1.33. The summed E-state index contributed by atoms with van der Waals surface area (Å²) in [5.41, 5.74) is 11.0. The van der Waals surface area contributed by atoms with E-state index < -0.39 is 0 Å². The van der Waals surface area contributed by atoms with E-state index in [-0.39, 0.29) is 0 Å². The van der Waals surface area contributed by atoms with Crippen LogP contribution >= 0.6 is 0 Å².